The van der Waals surface area contributed by atoms with Gasteiger partial charge in [0.2, 0.25) is 0 Å². The van der Waals surface area contributed by atoms with Crippen LogP contribution in [0.25, 0.3) is 0 Å². The van der Waals surface area contributed by atoms with Crippen molar-refractivity contribution in [1.29, 1.82) is 0 Å². The van der Waals surface area contributed by atoms with Crippen molar-refractivity contribution in [3.05, 3.63) is 63.7 Å². The van der Waals surface area contributed by atoms with Crippen molar-refractivity contribution in [3.63, 3.8) is 0 Å². The first kappa shape index (κ1) is 21.0. The third-order valence-electron chi connectivity index (χ3n) is 4.30. The smallest absolute Gasteiger partial charge is 0.277 e. The first-order valence-corrected chi connectivity index (χ1v) is 9.29. The third kappa shape index (κ3) is 5.83. The zero-order chi connectivity index (χ0) is 20.2. The molecule has 0 aromatic heterocycles. The molecule has 0 radical (unpaired) electrons. The quantitative estimate of drug-likeness (QED) is 0.569. The van der Waals surface area contributed by atoms with Crippen LogP contribution in [0.2, 0.25) is 5.02 Å². The normalized spacial score (nSPS) is 12.0. The van der Waals surface area contributed by atoms with Gasteiger partial charge in [-0.05, 0) is 60.6 Å². The van der Waals surface area contributed by atoms with Crippen LogP contribution >= 0.6 is 11.6 Å². The predicted molar refractivity (Wildman–Crippen MR) is 112 cm³/mol. The van der Waals surface area contributed by atoms with Crippen molar-refractivity contribution < 1.29 is 9.53 Å². The van der Waals surface area contributed by atoms with Crippen molar-refractivity contribution in [2.45, 2.75) is 47.0 Å². The second-order valence-corrected chi connectivity index (χ2v) is 8.10. The van der Waals surface area contributed by atoms with Crippen LogP contribution in [-0.4, -0.2) is 18.2 Å². The van der Waals surface area contributed by atoms with Gasteiger partial charge in [0.05, 0.1) is 5.71 Å². The van der Waals surface area contributed by atoms with Gasteiger partial charge in [0, 0.05) is 5.02 Å². The number of ether oxygens (including phenoxy) is 1. The fourth-order valence-corrected chi connectivity index (χ4v) is 2.70. The van der Waals surface area contributed by atoms with E-state index in [9.17, 15) is 4.79 Å². The molecule has 0 aliphatic carbocycles. The van der Waals surface area contributed by atoms with Gasteiger partial charge in [-0.15, -0.1) is 0 Å². The average molecular weight is 387 g/mol. The molecule has 27 heavy (non-hydrogen) atoms. The maximum atomic E-state index is 12.0. The van der Waals surface area contributed by atoms with E-state index in [1.807, 2.05) is 45.0 Å². The highest BCUT2D eigenvalue weighted by molar-refractivity contribution is 6.32. The highest BCUT2D eigenvalue weighted by Crippen LogP contribution is 2.25. The van der Waals surface area contributed by atoms with Gasteiger partial charge in [-0.3, -0.25) is 4.79 Å². The summed E-state index contributed by atoms with van der Waals surface area (Å²) in [6.07, 6.45) is 0. The maximum absolute atomic E-state index is 12.0. The standard InChI is InChI=1S/C22H27ClN2O2/c1-14-11-19(12-15(2)21(14)23)27-13-20(26)25-24-16(3)17-7-9-18(10-8-17)22(4,5)6/h7-12H,13H2,1-6H3,(H,25,26)/b24-16-. The summed E-state index contributed by atoms with van der Waals surface area (Å²) in [7, 11) is 0. The number of benzene rings is 2. The second-order valence-electron chi connectivity index (χ2n) is 7.72. The van der Waals surface area contributed by atoms with E-state index in [-0.39, 0.29) is 17.9 Å². The minimum atomic E-state index is -0.314. The molecule has 0 heterocycles. The molecule has 0 aliphatic rings. The van der Waals surface area contributed by atoms with Gasteiger partial charge in [-0.1, -0.05) is 56.6 Å². The Hall–Kier alpha value is -2.33. The van der Waals surface area contributed by atoms with Crippen LogP contribution in [0.15, 0.2) is 41.5 Å². The predicted octanol–water partition coefficient (Wildman–Crippen LogP) is 5.17. The molecule has 4 nitrogen and oxygen atoms in total. The number of amides is 1. The Balaban J connectivity index is 1.94. The van der Waals surface area contributed by atoms with Crippen LogP contribution in [0.1, 0.15) is 49.9 Å². The molecule has 0 bridgehead atoms. The molecular weight excluding hydrogens is 360 g/mol. The Morgan fingerprint density at radius 1 is 1.11 bits per heavy atom. The fourth-order valence-electron chi connectivity index (χ4n) is 2.59. The number of aryl methyl sites for hydroxylation is 2. The van der Waals surface area contributed by atoms with Crippen molar-refractivity contribution in [1.82, 2.24) is 5.43 Å². The number of halogens is 1. The topological polar surface area (TPSA) is 50.7 Å². The molecule has 0 aliphatic heterocycles. The monoisotopic (exact) mass is 386 g/mol. The lowest BCUT2D eigenvalue weighted by molar-refractivity contribution is -0.123. The van der Waals surface area contributed by atoms with E-state index < -0.39 is 0 Å². The molecule has 2 rings (SSSR count). The first-order chi connectivity index (χ1) is 12.6. The zero-order valence-electron chi connectivity index (χ0n) is 16.8. The second kappa shape index (κ2) is 8.57. The van der Waals surface area contributed by atoms with Crippen LogP contribution in [-0.2, 0) is 10.2 Å². The van der Waals surface area contributed by atoms with Gasteiger partial charge < -0.3 is 4.74 Å². The Bertz CT molecular complexity index is 827. The van der Waals surface area contributed by atoms with E-state index in [2.05, 4.69) is 43.4 Å². The summed E-state index contributed by atoms with van der Waals surface area (Å²) >= 11 is 6.14. The number of carbonyl (C=O) groups excluding carboxylic acids is 1. The number of hydrogen-bond donors (Lipinski definition) is 1. The molecule has 0 saturated heterocycles. The maximum Gasteiger partial charge on any atom is 0.277 e. The number of hydrogen-bond acceptors (Lipinski definition) is 3. The third-order valence-corrected chi connectivity index (χ3v) is 4.89. The number of rotatable bonds is 5. The van der Waals surface area contributed by atoms with Crippen molar-refractivity contribution in [2.75, 3.05) is 6.61 Å². The Labute approximate surface area is 166 Å². The van der Waals surface area contributed by atoms with Gasteiger partial charge in [-0.25, -0.2) is 5.43 Å². The van der Waals surface area contributed by atoms with Gasteiger partial charge in [0.1, 0.15) is 5.75 Å². The number of nitrogens with one attached hydrogen (secondary N) is 1. The molecule has 2 aromatic rings. The van der Waals surface area contributed by atoms with E-state index in [1.54, 1.807) is 0 Å². The number of carbonyl (C=O) groups is 1. The molecule has 144 valence electrons. The fraction of sp³-hybridized carbons (Fsp3) is 0.364. The summed E-state index contributed by atoms with van der Waals surface area (Å²) in [5.74, 6) is 0.300. The van der Waals surface area contributed by atoms with Crippen LogP contribution in [0.5, 0.6) is 5.75 Å². The van der Waals surface area contributed by atoms with Crippen LogP contribution in [0.4, 0.5) is 0 Å². The zero-order valence-corrected chi connectivity index (χ0v) is 17.6. The average Bonchev–Trinajstić information content (AvgIpc) is 2.61. The summed E-state index contributed by atoms with van der Waals surface area (Å²) in [5, 5.41) is 4.88. The SMILES string of the molecule is C/C(=N/NC(=O)COc1cc(C)c(Cl)c(C)c1)c1ccc(C(C)(C)C)cc1. The van der Waals surface area contributed by atoms with E-state index in [0.717, 1.165) is 22.4 Å². The molecular formula is C22H27ClN2O2. The van der Waals surface area contributed by atoms with E-state index in [1.165, 1.54) is 5.56 Å². The first-order valence-electron chi connectivity index (χ1n) is 8.91. The minimum Gasteiger partial charge on any atom is -0.484 e. The van der Waals surface area contributed by atoms with Crippen molar-refractivity contribution >= 4 is 23.2 Å². The van der Waals surface area contributed by atoms with E-state index in [4.69, 9.17) is 16.3 Å². The molecule has 1 amide bonds. The molecule has 2 aromatic carbocycles. The highest BCUT2D eigenvalue weighted by atomic mass is 35.5. The molecule has 0 spiro atoms. The summed E-state index contributed by atoms with van der Waals surface area (Å²) in [5.41, 5.74) is 7.43. The molecule has 0 atom stereocenters. The molecule has 0 saturated carbocycles. The van der Waals surface area contributed by atoms with Gasteiger partial charge in [0.15, 0.2) is 6.61 Å². The number of hydrazone groups is 1. The highest BCUT2D eigenvalue weighted by Gasteiger charge is 2.13. The van der Waals surface area contributed by atoms with Crippen molar-refractivity contribution in [3.8, 4) is 5.75 Å². The van der Waals surface area contributed by atoms with Crippen LogP contribution in [0.3, 0.4) is 0 Å². The molecule has 1 N–H and O–H groups in total. The van der Waals surface area contributed by atoms with Crippen LogP contribution in [0, 0.1) is 13.8 Å². The van der Waals surface area contributed by atoms with Gasteiger partial charge >= 0.3 is 0 Å². The van der Waals surface area contributed by atoms with E-state index >= 15 is 0 Å². The molecule has 0 unspecified atom stereocenters. The lowest BCUT2D eigenvalue weighted by Gasteiger charge is -2.19. The largest absolute Gasteiger partial charge is 0.484 e. The Morgan fingerprint density at radius 3 is 2.19 bits per heavy atom. The Morgan fingerprint density at radius 2 is 1.67 bits per heavy atom. The Kier molecular flexibility index (Phi) is 6.66. The summed E-state index contributed by atoms with van der Waals surface area (Å²) in [4.78, 5) is 12.0. The lowest BCUT2D eigenvalue weighted by atomic mass is 9.86. The summed E-state index contributed by atoms with van der Waals surface area (Å²) in [6, 6.07) is 11.8. The lowest BCUT2D eigenvalue weighted by Crippen LogP contribution is -2.25. The number of nitrogens with zero attached hydrogens (tertiary/aromatic N) is 1. The minimum absolute atomic E-state index is 0.105. The van der Waals surface area contributed by atoms with Crippen molar-refractivity contribution in [2.24, 2.45) is 5.10 Å². The summed E-state index contributed by atoms with van der Waals surface area (Å²) < 4.78 is 5.54. The van der Waals surface area contributed by atoms with Gasteiger partial charge in [0.25, 0.3) is 5.91 Å². The van der Waals surface area contributed by atoms with Gasteiger partial charge in [-0.2, -0.15) is 5.10 Å². The molecule has 0 fully saturated rings. The summed E-state index contributed by atoms with van der Waals surface area (Å²) in [6.45, 7) is 12.1. The van der Waals surface area contributed by atoms with Crippen LogP contribution < -0.4 is 10.2 Å². The molecule has 5 heteroatoms. The van der Waals surface area contributed by atoms with E-state index in [0.29, 0.717) is 10.8 Å².